The van der Waals surface area contributed by atoms with Gasteiger partial charge in [-0.1, -0.05) is 0 Å². The van der Waals surface area contributed by atoms with E-state index in [2.05, 4.69) is 24.9 Å². The molecule has 1 aliphatic rings. The fourth-order valence-electron chi connectivity index (χ4n) is 3.48. The molecular weight excluding hydrogens is 356 g/mol. The first-order chi connectivity index (χ1) is 13.6. The van der Waals surface area contributed by atoms with Crippen molar-refractivity contribution in [3.8, 4) is 11.4 Å². The molecule has 3 aromatic rings. The van der Waals surface area contributed by atoms with Crippen LogP contribution in [0.2, 0.25) is 0 Å². The molecule has 0 saturated carbocycles. The van der Waals surface area contributed by atoms with E-state index in [4.69, 9.17) is 0 Å². The number of amides is 1. The average Bonchev–Trinajstić information content (AvgIpc) is 2.73. The van der Waals surface area contributed by atoms with Gasteiger partial charge in [-0.25, -0.2) is 15.0 Å². The molecule has 28 heavy (non-hydrogen) atoms. The zero-order valence-corrected chi connectivity index (χ0v) is 15.5. The maximum Gasteiger partial charge on any atom is 0.257 e. The highest BCUT2D eigenvalue weighted by atomic mass is 16.2. The minimum atomic E-state index is -0.162. The van der Waals surface area contributed by atoms with Gasteiger partial charge >= 0.3 is 0 Å². The number of hydrogen-bond donors (Lipinski definition) is 1. The molecule has 1 fully saturated rings. The second-order valence-corrected chi connectivity index (χ2v) is 6.88. The van der Waals surface area contributed by atoms with Gasteiger partial charge < -0.3 is 9.88 Å². The smallest absolute Gasteiger partial charge is 0.257 e. The molecule has 1 aliphatic heterocycles. The quantitative estimate of drug-likeness (QED) is 0.749. The van der Waals surface area contributed by atoms with Crippen LogP contribution in [0.15, 0.2) is 47.8 Å². The number of pyridine rings is 1. The van der Waals surface area contributed by atoms with Gasteiger partial charge in [-0.05, 0) is 31.9 Å². The number of aromatic amines is 1. The maximum atomic E-state index is 12.9. The molecule has 1 N–H and O–H groups in total. The van der Waals surface area contributed by atoms with Crippen LogP contribution in [-0.2, 0) is 0 Å². The Hall–Kier alpha value is -3.42. The largest absolute Gasteiger partial charge is 0.338 e. The summed E-state index contributed by atoms with van der Waals surface area (Å²) in [6.07, 6.45) is 8.23. The number of nitrogens with one attached hydrogen (secondary N) is 1. The van der Waals surface area contributed by atoms with Crippen LogP contribution in [0, 0.1) is 6.92 Å². The van der Waals surface area contributed by atoms with E-state index < -0.39 is 0 Å². The molecule has 0 radical (unpaired) electrons. The van der Waals surface area contributed by atoms with Crippen molar-refractivity contribution in [1.82, 2.24) is 29.8 Å². The first-order valence-corrected chi connectivity index (χ1v) is 9.20. The molecule has 1 atom stereocenters. The maximum absolute atomic E-state index is 12.9. The lowest BCUT2D eigenvalue weighted by atomic mass is 9.94. The Kier molecular flexibility index (Phi) is 4.92. The Morgan fingerprint density at radius 1 is 1.25 bits per heavy atom. The summed E-state index contributed by atoms with van der Waals surface area (Å²) in [5.41, 5.74) is 1.82. The number of nitrogens with zero attached hydrogens (tertiary/aromatic N) is 5. The van der Waals surface area contributed by atoms with Gasteiger partial charge in [-0.15, -0.1) is 0 Å². The Labute approximate surface area is 161 Å². The number of carbonyl (C=O) groups excluding carboxylic acids is 1. The van der Waals surface area contributed by atoms with Gasteiger partial charge in [0.2, 0.25) is 0 Å². The molecule has 0 aromatic carbocycles. The van der Waals surface area contributed by atoms with Crippen LogP contribution in [0.4, 0.5) is 0 Å². The van der Waals surface area contributed by atoms with E-state index >= 15 is 0 Å². The van der Waals surface area contributed by atoms with Crippen LogP contribution in [0.5, 0.6) is 0 Å². The highest BCUT2D eigenvalue weighted by molar-refractivity contribution is 5.93. The van der Waals surface area contributed by atoms with Crippen LogP contribution in [0.3, 0.4) is 0 Å². The molecule has 142 valence electrons. The van der Waals surface area contributed by atoms with Crippen LogP contribution in [-0.4, -0.2) is 48.8 Å². The van der Waals surface area contributed by atoms with E-state index in [1.165, 1.54) is 6.07 Å². The molecule has 0 spiro atoms. The minimum Gasteiger partial charge on any atom is -0.338 e. The Bertz CT molecular complexity index is 1030. The third kappa shape index (κ3) is 3.80. The van der Waals surface area contributed by atoms with Gasteiger partial charge in [0.1, 0.15) is 5.82 Å². The van der Waals surface area contributed by atoms with Gasteiger partial charge in [-0.2, -0.15) is 0 Å². The van der Waals surface area contributed by atoms with E-state index in [1.54, 1.807) is 36.6 Å². The van der Waals surface area contributed by atoms with Crippen molar-refractivity contribution >= 4 is 5.91 Å². The number of H-pyrrole nitrogens is 1. The lowest BCUT2D eigenvalue weighted by Crippen LogP contribution is -2.39. The lowest BCUT2D eigenvalue weighted by Gasteiger charge is -2.32. The van der Waals surface area contributed by atoms with Gasteiger partial charge in [0, 0.05) is 55.4 Å². The number of hydrogen-bond acceptors (Lipinski definition) is 6. The van der Waals surface area contributed by atoms with Gasteiger partial charge in [0.15, 0.2) is 5.82 Å². The van der Waals surface area contributed by atoms with Gasteiger partial charge in [0.05, 0.1) is 11.3 Å². The Morgan fingerprint density at radius 3 is 2.79 bits per heavy atom. The van der Waals surface area contributed by atoms with Crippen LogP contribution >= 0.6 is 0 Å². The fraction of sp³-hybridized carbons (Fsp3) is 0.300. The molecule has 1 saturated heterocycles. The summed E-state index contributed by atoms with van der Waals surface area (Å²) in [5.74, 6) is 1.06. The molecular formula is C20H20N6O2. The zero-order valence-electron chi connectivity index (χ0n) is 15.5. The SMILES string of the molecule is Cc1nc([C@H]2CCCN(C(=O)c3cnc(-c4cccnc4)nc3)C2)cc(=O)[nH]1. The summed E-state index contributed by atoms with van der Waals surface area (Å²) in [6.45, 7) is 2.96. The molecule has 0 bridgehead atoms. The van der Waals surface area contributed by atoms with Crippen molar-refractivity contribution in [3.05, 3.63) is 70.4 Å². The molecule has 8 heteroatoms. The molecule has 4 heterocycles. The molecule has 0 unspecified atom stereocenters. The standard InChI is InChI=1S/C20H20N6O2/c1-13-24-17(8-18(27)25-13)15-5-3-7-26(12-15)20(28)16-10-22-19(23-11-16)14-4-2-6-21-9-14/h2,4,6,8-11,15H,3,5,7,12H2,1H3,(H,24,25,27)/t15-/m0/s1. The summed E-state index contributed by atoms with van der Waals surface area (Å²) in [7, 11) is 0. The highest BCUT2D eigenvalue weighted by Crippen LogP contribution is 2.26. The zero-order chi connectivity index (χ0) is 19.5. The predicted octanol–water partition coefficient (Wildman–Crippen LogP) is 1.95. The third-order valence-corrected chi connectivity index (χ3v) is 4.83. The van der Waals surface area contributed by atoms with Gasteiger partial charge in [-0.3, -0.25) is 14.6 Å². The van der Waals surface area contributed by atoms with Gasteiger partial charge in [0.25, 0.3) is 11.5 Å². The summed E-state index contributed by atoms with van der Waals surface area (Å²) in [4.78, 5) is 46.2. The number of carbonyl (C=O) groups is 1. The second kappa shape index (κ2) is 7.67. The van der Waals surface area contributed by atoms with Crippen LogP contribution < -0.4 is 5.56 Å². The lowest BCUT2D eigenvalue weighted by molar-refractivity contribution is 0.0705. The molecule has 1 amide bonds. The van der Waals surface area contributed by atoms with Crippen molar-refractivity contribution in [2.45, 2.75) is 25.7 Å². The Morgan fingerprint density at radius 2 is 2.07 bits per heavy atom. The second-order valence-electron chi connectivity index (χ2n) is 6.88. The van der Waals surface area contributed by atoms with E-state index in [9.17, 15) is 9.59 Å². The number of aromatic nitrogens is 5. The van der Waals surface area contributed by atoms with E-state index in [0.717, 1.165) is 24.1 Å². The van der Waals surface area contributed by atoms with E-state index in [-0.39, 0.29) is 17.4 Å². The van der Waals surface area contributed by atoms with Crippen molar-refractivity contribution in [2.24, 2.45) is 0 Å². The number of piperidine rings is 1. The monoisotopic (exact) mass is 376 g/mol. The van der Waals surface area contributed by atoms with Crippen molar-refractivity contribution in [2.75, 3.05) is 13.1 Å². The number of likely N-dealkylation sites (tertiary alicyclic amines) is 1. The van der Waals surface area contributed by atoms with E-state index in [0.29, 0.717) is 30.3 Å². The Balaban J connectivity index is 1.50. The minimum absolute atomic E-state index is 0.0503. The molecule has 4 rings (SSSR count). The molecule has 3 aromatic heterocycles. The first-order valence-electron chi connectivity index (χ1n) is 9.20. The predicted molar refractivity (Wildman–Crippen MR) is 103 cm³/mol. The van der Waals surface area contributed by atoms with Crippen molar-refractivity contribution in [3.63, 3.8) is 0 Å². The number of rotatable bonds is 3. The molecule has 8 nitrogen and oxygen atoms in total. The summed E-state index contributed by atoms with van der Waals surface area (Å²) < 4.78 is 0. The summed E-state index contributed by atoms with van der Waals surface area (Å²) in [5, 5.41) is 0. The highest BCUT2D eigenvalue weighted by Gasteiger charge is 2.27. The fourth-order valence-corrected chi connectivity index (χ4v) is 3.48. The topological polar surface area (TPSA) is 105 Å². The summed E-state index contributed by atoms with van der Waals surface area (Å²) >= 11 is 0. The van der Waals surface area contributed by atoms with Crippen molar-refractivity contribution in [1.29, 1.82) is 0 Å². The first kappa shape index (κ1) is 18.0. The van der Waals surface area contributed by atoms with Crippen LogP contribution in [0.1, 0.15) is 40.6 Å². The average molecular weight is 376 g/mol. The number of aryl methyl sites for hydroxylation is 1. The third-order valence-electron chi connectivity index (χ3n) is 4.83. The van der Waals surface area contributed by atoms with Crippen molar-refractivity contribution < 1.29 is 4.79 Å². The van der Waals surface area contributed by atoms with Crippen LogP contribution in [0.25, 0.3) is 11.4 Å². The molecule has 0 aliphatic carbocycles. The summed E-state index contributed by atoms with van der Waals surface area (Å²) in [6, 6.07) is 5.21. The van der Waals surface area contributed by atoms with E-state index in [1.807, 2.05) is 12.1 Å². The normalized spacial score (nSPS) is 16.8.